The third-order valence-corrected chi connectivity index (χ3v) is 6.52. The third kappa shape index (κ3) is 5.72. The van der Waals surface area contributed by atoms with Crippen LogP contribution in [0.5, 0.6) is 0 Å². The van der Waals surface area contributed by atoms with Crippen molar-refractivity contribution in [3.63, 3.8) is 0 Å². The second-order valence-electron chi connectivity index (χ2n) is 6.58. The van der Waals surface area contributed by atoms with E-state index in [9.17, 15) is 12.8 Å². The molecule has 0 N–H and O–H groups in total. The summed E-state index contributed by atoms with van der Waals surface area (Å²) < 4.78 is 46.2. The Kier molecular flexibility index (Phi) is 7.33. The lowest BCUT2D eigenvalue weighted by atomic mass is 10.2. The van der Waals surface area contributed by atoms with Gasteiger partial charge < -0.3 is 4.74 Å². The smallest absolute Gasteiger partial charge is 0.243 e. The minimum atomic E-state index is -3.72. The van der Waals surface area contributed by atoms with Crippen LogP contribution in [0.1, 0.15) is 5.56 Å². The maximum Gasteiger partial charge on any atom is 0.243 e. The highest BCUT2D eigenvalue weighted by atomic mass is 32.2. The Morgan fingerprint density at radius 3 is 2.39 bits per heavy atom. The molecule has 2 aromatic rings. The summed E-state index contributed by atoms with van der Waals surface area (Å²) >= 11 is 0. The van der Waals surface area contributed by atoms with Gasteiger partial charge in [0.1, 0.15) is 5.82 Å². The molecule has 0 atom stereocenters. The minimum Gasteiger partial charge on any atom is -0.379 e. The van der Waals surface area contributed by atoms with Crippen molar-refractivity contribution in [2.75, 3.05) is 45.9 Å². The molecule has 1 heterocycles. The zero-order valence-corrected chi connectivity index (χ0v) is 16.5. The maximum atomic E-state index is 13.2. The van der Waals surface area contributed by atoms with Gasteiger partial charge in [-0.15, -0.1) is 0 Å². The van der Waals surface area contributed by atoms with E-state index in [1.54, 1.807) is 0 Å². The zero-order chi connectivity index (χ0) is 19.8. The van der Waals surface area contributed by atoms with Gasteiger partial charge in [-0.05, 0) is 29.8 Å². The molecule has 0 radical (unpaired) electrons. The van der Waals surface area contributed by atoms with E-state index in [2.05, 4.69) is 4.90 Å². The maximum absolute atomic E-state index is 13.2. The number of nitrogens with zero attached hydrogens (tertiary/aromatic N) is 2. The van der Waals surface area contributed by atoms with Crippen LogP contribution in [0.4, 0.5) is 4.39 Å². The Morgan fingerprint density at radius 2 is 1.71 bits per heavy atom. The van der Waals surface area contributed by atoms with Crippen LogP contribution in [0.2, 0.25) is 0 Å². The number of ether oxygens (including phenoxy) is 1. The molecule has 1 saturated heterocycles. The van der Waals surface area contributed by atoms with E-state index in [-0.39, 0.29) is 11.4 Å². The number of halogens is 1. The second-order valence-corrected chi connectivity index (χ2v) is 8.52. The number of sulfonamides is 1. The standard InChI is InChI=1S/C21H25FN2O3S/c22-20-8-10-21(11-9-20)28(25,26)24(14-13-23-15-17-27-18-16-23)12-4-7-19-5-2-1-3-6-19/h1-11H,12-18H2/b7-4+. The van der Waals surface area contributed by atoms with E-state index in [1.165, 1.54) is 28.6 Å². The van der Waals surface area contributed by atoms with Gasteiger partial charge in [-0.25, -0.2) is 12.8 Å². The molecule has 0 aliphatic carbocycles. The van der Waals surface area contributed by atoms with Gasteiger partial charge in [-0.2, -0.15) is 4.31 Å². The van der Waals surface area contributed by atoms with Crippen LogP contribution in [0, 0.1) is 5.82 Å². The molecule has 0 saturated carbocycles. The summed E-state index contributed by atoms with van der Waals surface area (Å²) in [4.78, 5) is 2.29. The van der Waals surface area contributed by atoms with Crippen molar-refractivity contribution in [3.05, 3.63) is 72.1 Å². The Hall–Kier alpha value is -2.06. The van der Waals surface area contributed by atoms with Crippen LogP contribution in [0.15, 0.2) is 65.6 Å². The molecule has 1 aliphatic heterocycles. The molecule has 1 aliphatic rings. The quantitative estimate of drug-likeness (QED) is 0.679. The van der Waals surface area contributed by atoms with Gasteiger partial charge in [0.25, 0.3) is 0 Å². The van der Waals surface area contributed by atoms with E-state index in [0.717, 1.165) is 18.7 Å². The van der Waals surface area contributed by atoms with Gasteiger partial charge in [-0.3, -0.25) is 4.90 Å². The molecule has 2 aromatic carbocycles. The average molecular weight is 405 g/mol. The number of hydrogen-bond acceptors (Lipinski definition) is 4. The first kappa shape index (κ1) is 20.7. The Bertz CT molecular complexity index is 864. The molecule has 1 fully saturated rings. The minimum absolute atomic E-state index is 0.101. The molecular formula is C21H25FN2O3S. The molecule has 0 bridgehead atoms. The lowest BCUT2D eigenvalue weighted by Gasteiger charge is -2.29. The highest BCUT2D eigenvalue weighted by Gasteiger charge is 2.24. The molecule has 5 nitrogen and oxygen atoms in total. The molecule has 0 unspecified atom stereocenters. The van der Waals surface area contributed by atoms with Crippen molar-refractivity contribution < 1.29 is 17.5 Å². The number of benzene rings is 2. The highest BCUT2D eigenvalue weighted by molar-refractivity contribution is 7.89. The molecular weight excluding hydrogens is 379 g/mol. The lowest BCUT2D eigenvalue weighted by molar-refractivity contribution is 0.0365. The predicted octanol–water partition coefficient (Wildman–Crippen LogP) is 2.86. The third-order valence-electron chi connectivity index (χ3n) is 4.64. The van der Waals surface area contributed by atoms with Crippen LogP contribution < -0.4 is 0 Å². The molecule has 0 amide bonds. The summed E-state index contributed by atoms with van der Waals surface area (Å²) in [5.74, 6) is -0.456. The van der Waals surface area contributed by atoms with Crippen LogP contribution in [0.3, 0.4) is 0 Å². The molecule has 0 aromatic heterocycles. The van der Waals surface area contributed by atoms with Gasteiger partial charge in [-0.1, -0.05) is 42.5 Å². The molecule has 0 spiro atoms. The number of morpholine rings is 1. The fourth-order valence-corrected chi connectivity index (χ4v) is 4.40. The first-order chi connectivity index (χ1) is 13.6. The summed E-state index contributed by atoms with van der Waals surface area (Å²) in [6.07, 6.45) is 3.75. The SMILES string of the molecule is O=S(=O)(c1ccc(F)cc1)N(C/C=C/c1ccccc1)CCN1CCOCC1. The summed E-state index contributed by atoms with van der Waals surface area (Å²) in [6, 6.07) is 14.7. The first-order valence-corrected chi connectivity index (χ1v) is 10.8. The van der Waals surface area contributed by atoms with Gasteiger partial charge in [0.15, 0.2) is 0 Å². The van der Waals surface area contributed by atoms with E-state index >= 15 is 0 Å². The van der Waals surface area contributed by atoms with Crippen LogP contribution in [0.25, 0.3) is 6.08 Å². The topological polar surface area (TPSA) is 49.9 Å². The van der Waals surface area contributed by atoms with Crippen molar-refractivity contribution in [1.29, 1.82) is 0 Å². The second kappa shape index (κ2) is 9.93. The molecule has 7 heteroatoms. The number of hydrogen-bond donors (Lipinski definition) is 0. The monoisotopic (exact) mass is 404 g/mol. The van der Waals surface area contributed by atoms with Crippen molar-refractivity contribution in [1.82, 2.24) is 9.21 Å². The van der Waals surface area contributed by atoms with Crippen LogP contribution >= 0.6 is 0 Å². The van der Waals surface area contributed by atoms with Crippen molar-refractivity contribution in [3.8, 4) is 0 Å². The largest absolute Gasteiger partial charge is 0.379 e. The van der Waals surface area contributed by atoms with Gasteiger partial charge in [0, 0.05) is 32.7 Å². The summed E-state index contributed by atoms with van der Waals surface area (Å²) in [7, 11) is -3.72. The van der Waals surface area contributed by atoms with Crippen molar-refractivity contribution >= 4 is 16.1 Å². The van der Waals surface area contributed by atoms with Crippen LogP contribution in [-0.4, -0.2) is 63.6 Å². The van der Waals surface area contributed by atoms with E-state index in [4.69, 9.17) is 4.74 Å². The fourth-order valence-electron chi connectivity index (χ4n) is 3.01. The van der Waals surface area contributed by atoms with Crippen LogP contribution in [-0.2, 0) is 14.8 Å². The first-order valence-electron chi connectivity index (χ1n) is 9.33. The Labute approximate surface area is 166 Å². The summed E-state index contributed by atoms with van der Waals surface area (Å²) in [5, 5.41) is 0. The lowest BCUT2D eigenvalue weighted by Crippen LogP contribution is -2.43. The Balaban J connectivity index is 1.74. The molecule has 28 heavy (non-hydrogen) atoms. The van der Waals surface area contributed by atoms with E-state index < -0.39 is 15.8 Å². The van der Waals surface area contributed by atoms with E-state index in [1.807, 2.05) is 42.5 Å². The number of rotatable bonds is 8. The van der Waals surface area contributed by atoms with Gasteiger partial charge in [0.05, 0.1) is 18.1 Å². The van der Waals surface area contributed by atoms with E-state index in [0.29, 0.717) is 26.3 Å². The molecule has 3 rings (SSSR count). The predicted molar refractivity (Wildman–Crippen MR) is 108 cm³/mol. The highest BCUT2D eigenvalue weighted by Crippen LogP contribution is 2.17. The van der Waals surface area contributed by atoms with Gasteiger partial charge in [0.2, 0.25) is 10.0 Å². The van der Waals surface area contributed by atoms with Crippen molar-refractivity contribution in [2.24, 2.45) is 0 Å². The summed E-state index contributed by atoms with van der Waals surface area (Å²) in [5.41, 5.74) is 1.01. The fraction of sp³-hybridized carbons (Fsp3) is 0.333. The van der Waals surface area contributed by atoms with Crippen molar-refractivity contribution in [2.45, 2.75) is 4.90 Å². The average Bonchev–Trinajstić information content (AvgIpc) is 2.72. The molecule has 150 valence electrons. The summed E-state index contributed by atoms with van der Waals surface area (Å²) in [6.45, 7) is 4.16. The zero-order valence-electron chi connectivity index (χ0n) is 15.7. The van der Waals surface area contributed by atoms with Gasteiger partial charge >= 0.3 is 0 Å². The normalized spacial score (nSPS) is 16.1. The Morgan fingerprint density at radius 1 is 1.04 bits per heavy atom.